The van der Waals surface area contributed by atoms with Crippen molar-refractivity contribution in [1.82, 2.24) is 14.5 Å². The minimum absolute atomic E-state index is 0.202. The van der Waals surface area contributed by atoms with Crippen molar-refractivity contribution < 1.29 is 8.42 Å². The summed E-state index contributed by atoms with van der Waals surface area (Å²) in [5, 5.41) is 3.97. The standard InChI is InChI=1S/C10H12ClN3O2S2/c1-7-5-9(17-10(7)11)18(15,16)13-6-8-3-4-12-14(8)2/h3-5,13H,6H2,1-2H3. The number of aromatic nitrogens is 2. The first kappa shape index (κ1) is 13.5. The van der Waals surface area contributed by atoms with Crippen LogP contribution in [0.25, 0.3) is 0 Å². The van der Waals surface area contributed by atoms with Crippen molar-refractivity contribution in [3.63, 3.8) is 0 Å². The van der Waals surface area contributed by atoms with E-state index in [0.717, 1.165) is 22.6 Å². The molecular weight excluding hydrogens is 294 g/mol. The van der Waals surface area contributed by atoms with E-state index in [9.17, 15) is 8.42 Å². The van der Waals surface area contributed by atoms with E-state index in [1.54, 1.807) is 37.0 Å². The molecule has 0 aromatic carbocycles. The summed E-state index contributed by atoms with van der Waals surface area (Å²) in [6, 6.07) is 3.33. The first-order chi connectivity index (χ1) is 8.40. The number of aryl methyl sites for hydroxylation is 2. The predicted molar refractivity (Wildman–Crippen MR) is 71.3 cm³/mol. The van der Waals surface area contributed by atoms with E-state index in [-0.39, 0.29) is 10.8 Å². The smallest absolute Gasteiger partial charge is 0.250 e. The Morgan fingerprint density at radius 3 is 2.78 bits per heavy atom. The Bertz CT molecular complexity index is 641. The van der Waals surface area contributed by atoms with E-state index < -0.39 is 10.0 Å². The molecule has 0 saturated heterocycles. The second-order valence-electron chi connectivity index (χ2n) is 3.79. The number of nitrogens with zero attached hydrogens (tertiary/aromatic N) is 2. The van der Waals surface area contributed by atoms with Crippen LogP contribution in [0.1, 0.15) is 11.3 Å². The Hall–Kier alpha value is -0.890. The van der Waals surface area contributed by atoms with Gasteiger partial charge in [0.05, 0.1) is 16.6 Å². The highest BCUT2D eigenvalue weighted by Gasteiger charge is 2.18. The van der Waals surface area contributed by atoms with Crippen LogP contribution < -0.4 is 4.72 Å². The Kier molecular flexibility index (Phi) is 3.76. The van der Waals surface area contributed by atoms with Gasteiger partial charge >= 0.3 is 0 Å². The lowest BCUT2D eigenvalue weighted by Crippen LogP contribution is -2.23. The second kappa shape index (κ2) is 5.00. The summed E-state index contributed by atoms with van der Waals surface area (Å²) in [5.41, 5.74) is 1.56. The summed E-state index contributed by atoms with van der Waals surface area (Å²) >= 11 is 6.93. The molecule has 0 bridgehead atoms. The van der Waals surface area contributed by atoms with Gasteiger partial charge in [0, 0.05) is 13.2 Å². The van der Waals surface area contributed by atoms with Gasteiger partial charge in [-0.1, -0.05) is 11.6 Å². The van der Waals surface area contributed by atoms with Crippen molar-refractivity contribution in [3.05, 3.63) is 33.9 Å². The zero-order valence-electron chi connectivity index (χ0n) is 9.84. The average molecular weight is 306 g/mol. The fourth-order valence-corrected chi connectivity index (χ4v) is 4.13. The van der Waals surface area contributed by atoms with Gasteiger partial charge in [0.15, 0.2) is 0 Å². The lowest BCUT2D eigenvalue weighted by atomic mass is 10.4. The van der Waals surface area contributed by atoms with Gasteiger partial charge in [0.25, 0.3) is 0 Å². The van der Waals surface area contributed by atoms with Crippen molar-refractivity contribution in [3.8, 4) is 0 Å². The van der Waals surface area contributed by atoms with Gasteiger partial charge < -0.3 is 0 Å². The van der Waals surface area contributed by atoms with E-state index in [1.807, 2.05) is 0 Å². The molecule has 2 rings (SSSR count). The topological polar surface area (TPSA) is 64.0 Å². The molecule has 8 heteroatoms. The molecule has 0 unspecified atom stereocenters. The third-order valence-corrected chi connectivity index (χ3v) is 5.90. The molecule has 2 aromatic rings. The van der Waals surface area contributed by atoms with Gasteiger partial charge in [-0.2, -0.15) is 5.10 Å². The molecule has 0 amide bonds. The van der Waals surface area contributed by atoms with E-state index in [4.69, 9.17) is 11.6 Å². The SMILES string of the molecule is Cc1cc(S(=O)(=O)NCc2ccnn2C)sc1Cl. The van der Waals surface area contributed by atoms with Crippen LogP contribution in [0.3, 0.4) is 0 Å². The maximum Gasteiger partial charge on any atom is 0.250 e. The van der Waals surface area contributed by atoms with Gasteiger partial charge in [-0.15, -0.1) is 11.3 Å². The summed E-state index contributed by atoms with van der Waals surface area (Å²) in [6.45, 7) is 1.98. The zero-order chi connectivity index (χ0) is 13.3. The van der Waals surface area contributed by atoms with Gasteiger partial charge in [-0.05, 0) is 24.6 Å². The molecule has 0 fully saturated rings. The molecule has 1 N–H and O–H groups in total. The fraction of sp³-hybridized carbons (Fsp3) is 0.300. The fourth-order valence-electron chi connectivity index (χ4n) is 1.38. The van der Waals surface area contributed by atoms with Gasteiger partial charge in [-0.25, -0.2) is 13.1 Å². The molecule has 18 heavy (non-hydrogen) atoms. The minimum atomic E-state index is -3.51. The largest absolute Gasteiger partial charge is 0.271 e. The summed E-state index contributed by atoms with van der Waals surface area (Å²) in [4.78, 5) is 0. The number of sulfonamides is 1. The highest BCUT2D eigenvalue weighted by molar-refractivity contribution is 7.91. The molecule has 2 aromatic heterocycles. The van der Waals surface area contributed by atoms with E-state index in [2.05, 4.69) is 9.82 Å². The quantitative estimate of drug-likeness (QED) is 0.938. The average Bonchev–Trinajstić information content (AvgIpc) is 2.84. The normalized spacial score (nSPS) is 11.9. The molecule has 0 spiro atoms. The van der Waals surface area contributed by atoms with Crippen LogP contribution in [-0.2, 0) is 23.6 Å². The number of halogens is 1. The van der Waals surface area contributed by atoms with Crippen LogP contribution >= 0.6 is 22.9 Å². The Morgan fingerprint density at radius 2 is 2.28 bits per heavy atom. The van der Waals surface area contributed by atoms with E-state index in [1.165, 1.54) is 0 Å². The monoisotopic (exact) mass is 305 g/mol. The number of nitrogens with one attached hydrogen (secondary N) is 1. The molecule has 0 saturated carbocycles. The molecule has 5 nitrogen and oxygen atoms in total. The van der Waals surface area contributed by atoms with Crippen LogP contribution in [-0.4, -0.2) is 18.2 Å². The Morgan fingerprint density at radius 1 is 1.56 bits per heavy atom. The van der Waals surface area contributed by atoms with E-state index in [0.29, 0.717) is 4.34 Å². The van der Waals surface area contributed by atoms with Crippen LogP contribution in [0, 0.1) is 6.92 Å². The van der Waals surface area contributed by atoms with Gasteiger partial charge in [-0.3, -0.25) is 4.68 Å². The summed E-state index contributed by atoms with van der Waals surface area (Å²) in [5.74, 6) is 0. The molecule has 0 radical (unpaired) electrons. The Balaban J connectivity index is 2.15. The van der Waals surface area contributed by atoms with E-state index >= 15 is 0 Å². The third-order valence-electron chi connectivity index (χ3n) is 2.47. The number of hydrogen-bond donors (Lipinski definition) is 1. The lowest BCUT2D eigenvalue weighted by Gasteiger charge is -2.04. The van der Waals surface area contributed by atoms with Gasteiger partial charge in [0.2, 0.25) is 10.0 Å². The zero-order valence-corrected chi connectivity index (χ0v) is 12.2. The molecule has 0 aliphatic rings. The maximum atomic E-state index is 12.0. The van der Waals surface area contributed by atoms with Crippen LogP contribution in [0.2, 0.25) is 4.34 Å². The summed E-state index contributed by atoms with van der Waals surface area (Å²) in [6.07, 6.45) is 1.62. The Labute approximate surface area is 114 Å². The summed E-state index contributed by atoms with van der Waals surface area (Å²) in [7, 11) is -1.75. The maximum absolute atomic E-state index is 12.0. The second-order valence-corrected chi connectivity index (χ2v) is 7.44. The van der Waals surface area contributed by atoms with Crippen molar-refractivity contribution in [2.45, 2.75) is 17.7 Å². The molecule has 0 atom stereocenters. The molecule has 2 heterocycles. The molecule has 0 aliphatic carbocycles. The predicted octanol–water partition coefficient (Wildman–Crippen LogP) is 1.92. The van der Waals surface area contributed by atoms with Crippen LogP contribution in [0.4, 0.5) is 0 Å². The third kappa shape index (κ3) is 2.74. The van der Waals surface area contributed by atoms with Crippen LogP contribution in [0.5, 0.6) is 0 Å². The first-order valence-electron chi connectivity index (χ1n) is 5.12. The van der Waals surface area contributed by atoms with Gasteiger partial charge in [0.1, 0.15) is 4.21 Å². The van der Waals surface area contributed by atoms with Crippen molar-refractivity contribution in [2.24, 2.45) is 7.05 Å². The lowest BCUT2D eigenvalue weighted by molar-refractivity contribution is 0.579. The first-order valence-corrected chi connectivity index (χ1v) is 7.80. The number of thiophene rings is 1. The number of hydrogen-bond acceptors (Lipinski definition) is 4. The molecular formula is C10H12ClN3O2S2. The van der Waals surface area contributed by atoms with Crippen molar-refractivity contribution in [2.75, 3.05) is 0 Å². The van der Waals surface area contributed by atoms with Crippen LogP contribution in [0.15, 0.2) is 22.5 Å². The number of rotatable bonds is 4. The summed E-state index contributed by atoms with van der Waals surface area (Å²) < 4.78 is 28.9. The molecule has 98 valence electrons. The highest BCUT2D eigenvalue weighted by Crippen LogP contribution is 2.29. The van der Waals surface area contributed by atoms with Crippen molar-refractivity contribution >= 4 is 33.0 Å². The highest BCUT2D eigenvalue weighted by atomic mass is 35.5. The van der Waals surface area contributed by atoms with Crippen molar-refractivity contribution in [1.29, 1.82) is 0 Å². The minimum Gasteiger partial charge on any atom is -0.271 e. The molecule has 0 aliphatic heterocycles.